The minimum absolute atomic E-state index is 0.176. The molecule has 2 rings (SSSR count). The van der Waals surface area contributed by atoms with Crippen molar-refractivity contribution in [1.82, 2.24) is 9.97 Å². The van der Waals surface area contributed by atoms with Crippen molar-refractivity contribution in [2.24, 2.45) is 0 Å². The molecule has 1 aromatic carbocycles. The Morgan fingerprint density at radius 3 is 3.00 bits per heavy atom. The zero-order chi connectivity index (χ0) is 10.8. The first-order valence-electron chi connectivity index (χ1n) is 4.25. The number of benzene rings is 1. The maximum absolute atomic E-state index is 11.4. The molecule has 2 aromatic rings. The van der Waals surface area contributed by atoms with Crippen LogP contribution in [0, 0.1) is 0 Å². The maximum Gasteiger partial charge on any atom is 0.340 e. The Labute approximate surface area is 85.4 Å². The second kappa shape index (κ2) is 3.53. The Morgan fingerprint density at radius 1 is 1.47 bits per heavy atom. The molecule has 1 heterocycles. The molecule has 0 amide bonds. The molecule has 0 atom stereocenters. The molecule has 15 heavy (non-hydrogen) atoms. The summed E-state index contributed by atoms with van der Waals surface area (Å²) in [5.41, 5.74) is 1.21. The smallest absolute Gasteiger partial charge is 0.340 e. The van der Waals surface area contributed by atoms with Crippen molar-refractivity contribution in [3.63, 3.8) is 0 Å². The fourth-order valence-electron chi connectivity index (χ4n) is 1.31. The molecule has 0 aliphatic carbocycles. The number of esters is 1. The van der Waals surface area contributed by atoms with Crippen LogP contribution in [0.15, 0.2) is 24.4 Å². The standard InChI is InChI=1S/C10H8N2O3/c1-15-10(14)6-3-2-4-7-9(6)11-5-8(13)12-7/h2-5H,1H3,(H,12,13). The van der Waals surface area contributed by atoms with E-state index in [0.717, 1.165) is 0 Å². The number of carbonyl (C=O) groups excluding carboxylic acids is 1. The van der Waals surface area contributed by atoms with Crippen LogP contribution in [0.2, 0.25) is 0 Å². The van der Waals surface area contributed by atoms with Crippen LogP contribution in [-0.4, -0.2) is 28.2 Å². The fourth-order valence-corrected chi connectivity index (χ4v) is 1.31. The second-order valence-electron chi connectivity index (χ2n) is 2.89. The van der Waals surface area contributed by atoms with Crippen LogP contribution >= 0.6 is 0 Å². The molecule has 0 fully saturated rings. The zero-order valence-electron chi connectivity index (χ0n) is 7.97. The molecule has 1 N–H and O–H groups in total. The van der Waals surface area contributed by atoms with Crippen molar-refractivity contribution in [3.05, 3.63) is 30.0 Å². The number of ether oxygens (including phenoxy) is 1. The number of aromatic hydroxyl groups is 1. The molecule has 0 aliphatic heterocycles. The molecule has 0 radical (unpaired) electrons. The highest BCUT2D eigenvalue weighted by atomic mass is 16.5. The Morgan fingerprint density at radius 2 is 2.27 bits per heavy atom. The third kappa shape index (κ3) is 1.59. The lowest BCUT2D eigenvalue weighted by atomic mass is 10.2. The van der Waals surface area contributed by atoms with E-state index in [0.29, 0.717) is 16.6 Å². The van der Waals surface area contributed by atoms with Gasteiger partial charge in [-0.3, -0.25) is 0 Å². The highest BCUT2D eigenvalue weighted by Gasteiger charge is 2.11. The second-order valence-corrected chi connectivity index (χ2v) is 2.89. The van der Waals surface area contributed by atoms with E-state index in [2.05, 4.69) is 14.7 Å². The van der Waals surface area contributed by atoms with Crippen molar-refractivity contribution in [3.8, 4) is 5.88 Å². The lowest BCUT2D eigenvalue weighted by Crippen LogP contribution is -2.03. The van der Waals surface area contributed by atoms with Gasteiger partial charge in [-0.25, -0.2) is 14.8 Å². The first-order valence-corrected chi connectivity index (χ1v) is 4.25. The van der Waals surface area contributed by atoms with Crippen molar-refractivity contribution in [1.29, 1.82) is 0 Å². The van der Waals surface area contributed by atoms with Gasteiger partial charge in [-0.15, -0.1) is 0 Å². The molecule has 0 bridgehead atoms. The summed E-state index contributed by atoms with van der Waals surface area (Å²) < 4.78 is 4.61. The number of methoxy groups -OCH3 is 1. The number of carbonyl (C=O) groups is 1. The summed E-state index contributed by atoms with van der Waals surface area (Å²) in [5.74, 6) is -0.648. The number of hydrogen-bond donors (Lipinski definition) is 1. The molecule has 0 unspecified atom stereocenters. The number of para-hydroxylation sites is 1. The molecule has 0 aliphatic rings. The Balaban J connectivity index is 2.71. The third-order valence-electron chi connectivity index (χ3n) is 1.96. The molecule has 1 aromatic heterocycles. The molecular weight excluding hydrogens is 196 g/mol. The van der Waals surface area contributed by atoms with Gasteiger partial charge >= 0.3 is 5.97 Å². The lowest BCUT2D eigenvalue weighted by Gasteiger charge is -2.02. The summed E-state index contributed by atoms with van der Waals surface area (Å²) in [7, 11) is 1.30. The number of hydrogen-bond acceptors (Lipinski definition) is 5. The monoisotopic (exact) mass is 204 g/mol. The van der Waals surface area contributed by atoms with Gasteiger partial charge in [0.05, 0.1) is 24.4 Å². The molecule has 0 spiro atoms. The maximum atomic E-state index is 11.4. The fraction of sp³-hybridized carbons (Fsp3) is 0.100. The van der Waals surface area contributed by atoms with Crippen molar-refractivity contribution < 1.29 is 14.6 Å². The summed E-state index contributed by atoms with van der Waals surface area (Å²) in [6.07, 6.45) is 1.19. The van der Waals surface area contributed by atoms with Gasteiger partial charge in [0.1, 0.15) is 5.52 Å². The minimum Gasteiger partial charge on any atom is -0.492 e. The van der Waals surface area contributed by atoms with Crippen LogP contribution in [0.25, 0.3) is 11.0 Å². The lowest BCUT2D eigenvalue weighted by molar-refractivity contribution is 0.0602. The van der Waals surface area contributed by atoms with Gasteiger partial charge in [0.15, 0.2) is 0 Å². The minimum atomic E-state index is -0.472. The Hall–Kier alpha value is -2.17. The molecule has 76 valence electrons. The van der Waals surface area contributed by atoms with E-state index in [1.807, 2.05) is 0 Å². The number of nitrogens with zero attached hydrogens (tertiary/aromatic N) is 2. The average Bonchev–Trinajstić information content (AvgIpc) is 2.26. The summed E-state index contributed by atoms with van der Waals surface area (Å²) in [6, 6.07) is 4.91. The first kappa shape index (κ1) is 9.39. The van der Waals surface area contributed by atoms with E-state index in [1.54, 1.807) is 18.2 Å². The van der Waals surface area contributed by atoms with E-state index in [9.17, 15) is 4.79 Å². The molecule has 0 saturated carbocycles. The molecule has 5 heteroatoms. The van der Waals surface area contributed by atoms with Crippen molar-refractivity contribution >= 4 is 17.0 Å². The van der Waals surface area contributed by atoms with Crippen LogP contribution in [0.5, 0.6) is 5.88 Å². The van der Waals surface area contributed by atoms with E-state index in [-0.39, 0.29) is 5.88 Å². The van der Waals surface area contributed by atoms with Crippen molar-refractivity contribution in [2.75, 3.05) is 7.11 Å². The van der Waals surface area contributed by atoms with Gasteiger partial charge in [0, 0.05) is 0 Å². The summed E-state index contributed by atoms with van der Waals surface area (Å²) in [4.78, 5) is 19.1. The van der Waals surface area contributed by atoms with Crippen LogP contribution in [-0.2, 0) is 4.74 Å². The largest absolute Gasteiger partial charge is 0.492 e. The van der Waals surface area contributed by atoms with E-state index >= 15 is 0 Å². The highest BCUT2D eigenvalue weighted by molar-refractivity contribution is 6.01. The molecule has 0 saturated heterocycles. The highest BCUT2D eigenvalue weighted by Crippen LogP contribution is 2.17. The van der Waals surface area contributed by atoms with Gasteiger partial charge in [0.25, 0.3) is 0 Å². The van der Waals surface area contributed by atoms with Crippen LogP contribution in [0.3, 0.4) is 0 Å². The number of aromatic nitrogens is 2. The van der Waals surface area contributed by atoms with Gasteiger partial charge in [-0.2, -0.15) is 0 Å². The van der Waals surface area contributed by atoms with Crippen LogP contribution < -0.4 is 0 Å². The first-order chi connectivity index (χ1) is 7.22. The van der Waals surface area contributed by atoms with Gasteiger partial charge in [-0.1, -0.05) is 6.07 Å². The summed E-state index contributed by atoms with van der Waals surface area (Å²) >= 11 is 0. The third-order valence-corrected chi connectivity index (χ3v) is 1.96. The quantitative estimate of drug-likeness (QED) is 0.705. The summed E-state index contributed by atoms with van der Waals surface area (Å²) in [5, 5.41) is 9.13. The number of fused-ring (bicyclic) bond motifs is 1. The Kier molecular flexibility index (Phi) is 2.21. The van der Waals surface area contributed by atoms with Gasteiger partial charge in [-0.05, 0) is 12.1 Å². The predicted molar refractivity (Wildman–Crippen MR) is 52.5 cm³/mol. The van der Waals surface area contributed by atoms with Crippen molar-refractivity contribution in [2.45, 2.75) is 0 Å². The molecular formula is C10H8N2O3. The normalized spacial score (nSPS) is 10.2. The van der Waals surface area contributed by atoms with Crippen LogP contribution in [0.1, 0.15) is 10.4 Å². The average molecular weight is 204 g/mol. The summed E-state index contributed by atoms with van der Waals surface area (Å²) in [6.45, 7) is 0. The van der Waals surface area contributed by atoms with Gasteiger partial charge in [0.2, 0.25) is 5.88 Å². The van der Waals surface area contributed by atoms with Crippen LogP contribution in [0.4, 0.5) is 0 Å². The van der Waals surface area contributed by atoms with E-state index in [1.165, 1.54) is 13.3 Å². The Bertz CT molecular complexity index is 525. The predicted octanol–water partition coefficient (Wildman–Crippen LogP) is 1.12. The molecule has 5 nitrogen and oxygen atoms in total. The van der Waals surface area contributed by atoms with E-state index < -0.39 is 5.97 Å². The zero-order valence-corrected chi connectivity index (χ0v) is 7.97. The van der Waals surface area contributed by atoms with E-state index in [4.69, 9.17) is 5.11 Å². The number of rotatable bonds is 1. The SMILES string of the molecule is COC(=O)c1cccc2nc(O)cnc12. The van der Waals surface area contributed by atoms with Gasteiger partial charge < -0.3 is 9.84 Å². The topological polar surface area (TPSA) is 72.3 Å².